The number of nitrogens with zero attached hydrogens (tertiary/aromatic N) is 1. The lowest BCUT2D eigenvalue weighted by Crippen LogP contribution is -2.23. The van der Waals surface area contributed by atoms with E-state index in [4.69, 9.17) is 4.74 Å². The first-order chi connectivity index (χ1) is 10.9. The largest absolute Gasteiger partial charge is 0.455 e. The van der Waals surface area contributed by atoms with E-state index in [0.29, 0.717) is 17.8 Å². The predicted molar refractivity (Wildman–Crippen MR) is 91.5 cm³/mol. The average Bonchev–Trinajstić information content (AvgIpc) is 3.12. The number of hydrogen-bond acceptors (Lipinski definition) is 7. The number of sulfonamides is 1. The Kier molecular flexibility index (Phi) is 6.28. The first-order valence-electron chi connectivity index (χ1n) is 7.01. The highest BCUT2D eigenvalue weighted by atomic mass is 32.2. The second kappa shape index (κ2) is 8.00. The van der Waals surface area contributed by atoms with E-state index in [1.165, 1.54) is 11.3 Å². The van der Waals surface area contributed by atoms with Gasteiger partial charge in [0.05, 0.1) is 17.0 Å². The number of rotatable bonds is 8. The van der Waals surface area contributed by atoms with Crippen molar-refractivity contribution in [2.75, 3.05) is 12.8 Å². The Morgan fingerprint density at radius 3 is 2.83 bits per heavy atom. The van der Waals surface area contributed by atoms with Gasteiger partial charge in [0.15, 0.2) is 0 Å². The minimum absolute atomic E-state index is 0.165. The molecule has 0 aromatic carbocycles. The minimum Gasteiger partial charge on any atom is -0.455 e. The van der Waals surface area contributed by atoms with Crippen molar-refractivity contribution in [1.29, 1.82) is 0 Å². The summed E-state index contributed by atoms with van der Waals surface area (Å²) >= 11 is 2.87. The molecule has 0 unspecified atom stereocenters. The molecule has 0 aliphatic heterocycles. The molecule has 0 aliphatic carbocycles. The van der Waals surface area contributed by atoms with Crippen molar-refractivity contribution < 1.29 is 17.9 Å². The molecule has 23 heavy (non-hydrogen) atoms. The molecule has 2 heterocycles. The van der Waals surface area contributed by atoms with Gasteiger partial charge in [-0.1, -0.05) is 6.92 Å². The van der Waals surface area contributed by atoms with Crippen molar-refractivity contribution in [3.05, 3.63) is 38.0 Å². The number of esters is 1. The van der Waals surface area contributed by atoms with E-state index in [-0.39, 0.29) is 12.6 Å². The van der Waals surface area contributed by atoms with E-state index >= 15 is 0 Å². The lowest BCUT2D eigenvalue weighted by atomic mass is 10.3. The molecule has 0 amide bonds. The Balaban J connectivity index is 1.83. The van der Waals surface area contributed by atoms with Crippen LogP contribution in [0.5, 0.6) is 0 Å². The van der Waals surface area contributed by atoms with Gasteiger partial charge in [-0.2, -0.15) is 0 Å². The first-order valence-corrected chi connectivity index (χ1v) is 10.6. The quantitative estimate of drug-likeness (QED) is 0.716. The standard InChI is InChI=1S/C14H18N2O4S3/c1-3-13-16-10(9-21-13)8-20-14(17)12-5-4-11(22-12)6-7-15-23(2,18)19/h4-5,9,15H,3,6-8H2,1-2H3. The summed E-state index contributed by atoms with van der Waals surface area (Å²) < 4.78 is 29.6. The van der Waals surface area contributed by atoms with Gasteiger partial charge in [-0.3, -0.25) is 0 Å². The first kappa shape index (κ1) is 18.1. The van der Waals surface area contributed by atoms with Crippen LogP contribution in [0, 0.1) is 0 Å². The molecule has 0 fully saturated rings. The number of ether oxygens (including phenoxy) is 1. The summed E-state index contributed by atoms with van der Waals surface area (Å²) in [6.07, 6.45) is 2.53. The van der Waals surface area contributed by atoms with Crippen molar-refractivity contribution in [3.63, 3.8) is 0 Å². The van der Waals surface area contributed by atoms with Crippen molar-refractivity contribution >= 4 is 38.7 Å². The van der Waals surface area contributed by atoms with Gasteiger partial charge in [-0.15, -0.1) is 22.7 Å². The minimum atomic E-state index is -3.19. The summed E-state index contributed by atoms with van der Waals surface area (Å²) in [7, 11) is -3.19. The van der Waals surface area contributed by atoms with E-state index in [9.17, 15) is 13.2 Å². The molecule has 0 radical (unpaired) electrons. The van der Waals surface area contributed by atoms with E-state index in [1.54, 1.807) is 17.4 Å². The summed E-state index contributed by atoms with van der Waals surface area (Å²) in [6, 6.07) is 3.50. The van der Waals surface area contributed by atoms with Crippen molar-refractivity contribution in [3.8, 4) is 0 Å². The van der Waals surface area contributed by atoms with Gasteiger partial charge in [-0.25, -0.2) is 22.9 Å². The van der Waals surface area contributed by atoms with E-state index in [0.717, 1.165) is 28.3 Å². The number of nitrogens with one attached hydrogen (secondary N) is 1. The molecule has 0 saturated heterocycles. The van der Waals surface area contributed by atoms with Crippen molar-refractivity contribution in [2.45, 2.75) is 26.4 Å². The van der Waals surface area contributed by atoms with Crippen LogP contribution in [0.4, 0.5) is 0 Å². The molecule has 0 spiro atoms. The van der Waals surface area contributed by atoms with E-state index in [2.05, 4.69) is 9.71 Å². The Hall–Kier alpha value is -1.29. The van der Waals surface area contributed by atoms with Gasteiger partial charge in [0.25, 0.3) is 0 Å². The Bertz CT molecular complexity index is 765. The summed E-state index contributed by atoms with van der Waals surface area (Å²) in [5, 5.41) is 2.91. The maximum atomic E-state index is 12.0. The van der Waals surface area contributed by atoms with Crippen LogP contribution in [0.2, 0.25) is 0 Å². The number of thiazole rings is 1. The molecule has 2 aromatic heterocycles. The van der Waals surface area contributed by atoms with Crippen LogP contribution in [0.1, 0.15) is 32.2 Å². The number of aromatic nitrogens is 1. The molecule has 0 saturated carbocycles. The van der Waals surface area contributed by atoms with E-state index in [1.807, 2.05) is 18.4 Å². The summed E-state index contributed by atoms with van der Waals surface area (Å²) in [5.41, 5.74) is 0.759. The normalized spacial score (nSPS) is 11.6. The van der Waals surface area contributed by atoms with Gasteiger partial charge in [0.1, 0.15) is 11.5 Å². The maximum Gasteiger partial charge on any atom is 0.348 e. The highest BCUT2D eigenvalue weighted by molar-refractivity contribution is 7.88. The molecular weight excluding hydrogens is 356 g/mol. The van der Waals surface area contributed by atoms with Gasteiger partial charge in [0.2, 0.25) is 10.0 Å². The van der Waals surface area contributed by atoms with Gasteiger partial charge in [0, 0.05) is 16.8 Å². The molecular formula is C14H18N2O4S3. The third-order valence-corrected chi connectivity index (χ3v) is 5.75. The third kappa shape index (κ3) is 6.02. The van der Waals surface area contributed by atoms with Crippen LogP contribution in [0.15, 0.2) is 17.5 Å². The molecule has 9 heteroatoms. The number of hydrogen-bond donors (Lipinski definition) is 1. The lowest BCUT2D eigenvalue weighted by Gasteiger charge is -2.01. The lowest BCUT2D eigenvalue weighted by molar-refractivity contribution is 0.0474. The zero-order chi connectivity index (χ0) is 16.9. The fourth-order valence-corrected chi connectivity index (χ4v) is 3.87. The molecule has 0 aliphatic rings. The third-order valence-electron chi connectivity index (χ3n) is 2.85. The Morgan fingerprint density at radius 2 is 2.17 bits per heavy atom. The van der Waals surface area contributed by atoms with Gasteiger partial charge < -0.3 is 4.74 Å². The van der Waals surface area contributed by atoms with Crippen LogP contribution in [-0.2, 0) is 34.2 Å². The highest BCUT2D eigenvalue weighted by Crippen LogP contribution is 2.19. The van der Waals surface area contributed by atoms with Crippen LogP contribution < -0.4 is 4.72 Å². The maximum absolute atomic E-state index is 12.0. The Morgan fingerprint density at radius 1 is 1.39 bits per heavy atom. The van der Waals surface area contributed by atoms with Crippen molar-refractivity contribution in [2.24, 2.45) is 0 Å². The number of carbonyl (C=O) groups is 1. The monoisotopic (exact) mass is 374 g/mol. The molecule has 6 nitrogen and oxygen atoms in total. The zero-order valence-corrected chi connectivity index (χ0v) is 15.3. The number of carbonyl (C=O) groups excluding carboxylic acids is 1. The topological polar surface area (TPSA) is 85.4 Å². The van der Waals surface area contributed by atoms with Crippen molar-refractivity contribution in [1.82, 2.24) is 9.71 Å². The smallest absolute Gasteiger partial charge is 0.348 e. The highest BCUT2D eigenvalue weighted by Gasteiger charge is 2.12. The number of aryl methyl sites for hydroxylation is 1. The fourth-order valence-electron chi connectivity index (χ4n) is 1.77. The van der Waals surface area contributed by atoms with Gasteiger partial charge >= 0.3 is 5.97 Å². The summed E-state index contributed by atoms with van der Waals surface area (Å²) in [4.78, 5) is 17.8. The van der Waals surface area contributed by atoms with E-state index < -0.39 is 10.0 Å². The Labute approximate surface area is 143 Å². The average molecular weight is 375 g/mol. The predicted octanol–water partition coefficient (Wildman–Crippen LogP) is 2.22. The van der Waals surface area contributed by atoms with Gasteiger partial charge in [-0.05, 0) is 25.0 Å². The van der Waals surface area contributed by atoms with Crippen LogP contribution in [-0.4, -0.2) is 32.2 Å². The molecule has 0 bridgehead atoms. The van der Waals surface area contributed by atoms with Crippen LogP contribution >= 0.6 is 22.7 Å². The summed E-state index contributed by atoms with van der Waals surface area (Å²) in [5.74, 6) is -0.386. The molecule has 0 atom stereocenters. The zero-order valence-electron chi connectivity index (χ0n) is 12.9. The fraction of sp³-hybridized carbons (Fsp3) is 0.429. The van der Waals surface area contributed by atoms with Crippen LogP contribution in [0.25, 0.3) is 0 Å². The second-order valence-electron chi connectivity index (χ2n) is 4.84. The number of thiophene rings is 1. The molecule has 1 N–H and O–H groups in total. The molecule has 2 aromatic rings. The molecule has 2 rings (SSSR count). The summed E-state index contributed by atoms with van der Waals surface area (Å²) in [6.45, 7) is 2.51. The second-order valence-corrected chi connectivity index (χ2v) is 8.79. The molecule has 126 valence electrons. The van der Waals surface area contributed by atoms with Crippen LogP contribution in [0.3, 0.4) is 0 Å². The SMILES string of the molecule is CCc1nc(COC(=O)c2ccc(CCNS(C)(=O)=O)s2)cs1.